The van der Waals surface area contributed by atoms with Gasteiger partial charge in [0.2, 0.25) is 0 Å². The molecule has 150 valence electrons. The lowest BCUT2D eigenvalue weighted by molar-refractivity contribution is -0.177. The van der Waals surface area contributed by atoms with Crippen LogP contribution < -0.4 is 0 Å². The fraction of sp³-hybridized carbons (Fsp3) is 0.952. The Hall–Kier alpha value is -0.690. The number of ether oxygens (including phenoxy) is 4. The van der Waals surface area contributed by atoms with Crippen molar-refractivity contribution in [3.8, 4) is 0 Å². The summed E-state index contributed by atoms with van der Waals surface area (Å²) < 4.78 is 24.3. The van der Waals surface area contributed by atoms with Gasteiger partial charge in [0.15, 0.2) is 5.60 Å². The molecular weight excluding hydrogens is 348 g/mol. The van der Waals surface area contributed by atoms with Crippen LogP contribution in [0.2, 0.25) is 0 Å². The molecule has 2 spiro atoms. The molecule has 1 N–H and O–H groups in total. The second kappa shape index (κ2) is 4.40. The van der Waals surface area contributed by atoms with E-state index in [0.29, 0.717) is 0 Å². The summed E-state index contributed by atoms with van der Waals surface area (Å²) in [5, 5.41) is 11.5. The van der Waals surface area contributed by atoms with Crippen LogP contribution in [0.5, 0.6) is 0 Å². The molecule has 10 atom stereocenters. The molecule has 27 heavy (non-hydrogen) atoms. The summed E-state index contributed by atoms with van der Waals surface area (Å²) in [6.07, 6.45) is 2.68. The zero-order valence-electron chi connectivity index (χ0n) is 16.8. The molecule has 6 aliphatic rings. The highest BCUT2D eigenvalue weighted by Gasteiger charge is 3.00. The third kappa shape index (κ3) is 1.42. The molecule has 0 bridgehead atoms. The Morgan fingerprint density at radius 1 is 1.15 bits per heavy atom. The van der Waals surface area contributed by atoms with E-state index >= 15 is 0 Å². The number of aliphatic hydroxyl groups is 1. The maximum Gasteiger partial charge on any atom is 0.311 e. The number of carbonyl (C=O) groups is 1. The average Bonchev–Trinajstić information content (AvgIpc) is 3.49. The topological polar surface area (TPSA) is 84.1 Å². The summed E-state index contributed by atoms with van der Waals surface area (Å²) in [7, 11) is 1.48. The molecule has 6 heteroatoms. The number of epoxide rings is 3. The number of rotatable bonds is 2. The first-order valence-electron chi connectivity index (χ1n) is 10.5. The molecule has 0 radical (unpaired) electrons. The van der Waals surface area contributed by atoms with Crippen LogP contribution in [0.3, 0.4) is 0 Å². The summed E-state index contributed by atoms with van der Waals surface area (Å²) in [6, 6.07) is 0. The summed E-state index contributed by atoms with van der Waals surface area (Å²) >= 11 is 0. The molecule has 3 aliphatic carbocycles. The second-order valence-corrected chi connectivity index (χ2v) is 10.6. The lowest BCUT2D eigenvalue weighted by atomic mass is 9.42. The van der Waals surface area contributed by atoms with Crippen LogP contribution in [-0.2, 0) is 23.7 Å². The number of fused-ring (bicyclic) bond motifs is 3. The van der Waals surface area contributed by atoms with E-state index in [0.717, 1.165) is 25.7 Å². The van der Waals surface area contributed by atoms with E-state index in [2.05, 4.69) is 27.7 Å². The first-order chi connectivity index (χ1) is 12.7. The lowest BCUT2D eigenvalue weighted by Crippen LogP contribution is -2.71. The van der Waals surface area contributed by atoms with Crippen molar-refractivity contribution in [2.75, 3.05) is 7.11 Å². The Bertz CT molecular complexity index is 753. The van der Waals surface area contributed by atoms with Crippen LogP contribution in [-0.4, -0.2) is 59.4 Å². The van der Waals surface area contributed by atoms with Crippen LogP contribution in [0.25, 0.3) is 0 Å². The van der Waals surface area contributed by atoms with E-state index in [1.165, 1.54) is 7.11 Å². The quantitative estimate of drug-likeness (QED) is 0.583. The Morgan fingerprint density at radius 3 is 2.56 bits per heavy atom. The smallest absolute Gasteiger partial charge is 0.311 e. The highest BCUT2D eigenvalue weighted by atomic mass is 16.7. The number of carbonyl (C=O) groups excluding carboxylic acids is 1. The van der Waals surface area contributed by atoms with Crippen molar-refractivity contribution in [2.45, 2.75) is 94.6 Å². The Kier molecular flexibility index (Phi) is 2.80. The molecule has 0 aromatic rings. The number of aliphatic hydroxyl groups excluding tert-OH is 1. The van der Waals surface area contributed by atoms with Crippen molar-refractivity contribution in [1.82, 2.24) is 0 Å². The summed E-state index contributed by atoms with van der Waals surface area (Å²) in [5.41, 5.74) is -2.52. The number of hydrogen-bond acceptors (Lipinski definition) is 6. The van der Waals surface area contributed by atoms with E-state index in [4.69, 9.17) is 18.9 Å². The van der Waals surface area contributed by atoms with E-state index in [1.807, 2.05) is 0 Å². The van der Waals surface area contributed by atoms with E-state index in [-0.39, 0.29) is 41.5 Å². The van der Waals surface area contributed by atoms with Crippen molar-refractivity contribution in [3.05, 3.63) is 0 Å². The SMILES string of the molecule is COC(=O)[C@]1(C)CCC[C@]2(C)[C@H]1C[C@H]1O[C@]13[C@H](O)[C@]1(C(C)C)O[C@@H]1[C@H]1O[C@@]132. The third-order valence-electron chi connectivity index (χ3n) is 9.60. The van der Waals surface area contributed by atoms with Gasteiger partial charge in [0.1, 0.15) is 29.5 Å². The van der Waals surface area contributed by atoms with E-state index < -0.39 is 28.3 Å². The van der Waals surface area contributed by atoms with Gasteiger partial charge in [0, 0.05) is 5.41 Å². The van der Waals surface area contributed by atoms with Crippen molar-refractivity contribution in [3.63, 3.8) is 0 Å². The van der Waals surface area contributed by atoms with Gasteiger partial charge >= 0.3 is 5.97 Å². The first-order valence-corrected chi connectivity index (χ1v) is 10.5. The van der Waals surface area contributed by atoms with Crippen LogP contribution in [0, 0.1) is 22.7 Å². The number of esters is 1. The van der Waals surface area contributed by atoms with Crippen LogP contribution in [0.4, 0.5) is 0 Å². The lowest BCUT2D eigenvalue weighted by Gasteiger charge is -2.58. The fourth-order valence-electron chi connectivity index (χ4n) is 8.21. The van der Waals surface area contributed by atoms with Crippen molar-refractivity contribution >= 4 is 5.97 Å². The van der Waals surface area contributed by atoms with Gasteiger partial charge in [0.05, 0.1) is 18.6 Å². The predicted octanol–water partition coefficient (Wildman–Crippen LogP) is 1.82. The van der Waals surface area contributed by atoms with Gasteiger partial charge in [-0.25, -0.2) is 0 Å². The van der Waals surface area contributed by atoms with Crippen molar-refractivity contribution < 1.29 is 28.8 Å². The normalized spacial score (nSPS) is 64.5. The molecule has 3 saturated carbocycles. The molecule has 0 amide bonds. The maximum absolute atomic E-state index is 12.8. The van der Waals surface area contributed by atoms with Gasteiger partial charge < -0.3 is 24.1 Å². The zero-order chi connectivity index (χ0) is 19.2. The van der Waals surface area contributed by atoms with Crippen LogP contribution in [0.15, 0.2) is 0 Å². The molecule has 0 aromatic heterocycles. The summed E-state index contributed by atoms with van der Waals surface area (Å²) in [4.78, 5) is 12.8. The second-order valence-electron chi connectivity index (χ2n) is 10.6. The zero-order valence-corrected chi connectivity index (χ0v) is 16.8. The molecule has 6 nitrogen and oxygen atoms in total. The van der Waals surface area contributed by atoms with Crippen LogP contribution in [0.1, 0.15) is 53.4 Å². The Balaban J connectivity index is 1.48. The van der Waals surface area contributed by atoms with E-state index in [9.17, 15) is 9.90 Å². The standard InChI is InChI=1S/C21H30O6/c1-10(2)19-13(26-19)14-21(27-14)18(4)8-6-7-17(3,16(23)24-5)11(18)9-12-20(21,25-12)15(19)22/h10-15,22H,6-9H2,1-5H3/t11-,12+,13+,14+,15+,17+,18+,19+,20-,21+/m0/s1. The molecule has 6 fully saturated rings. The minimum Gasteiger partial charge on any atom is -0.469 e. The molecule has 6 rings (SSSR count). The highest BCUT2D eigenvalue weighted by molar-refractivity contribution is 5.77. The molecule has 0 aromatic carbocycles. The molecule has 3 aliphatic heterocycles. The molecule has 3 heterocycles. The minimum atomic E-state index is -0.678. The minimum absolute atomic E-state index is 0.0407. The van der Waals surface area contributed by atoms with Gasteiger partial charge in [-0.2, -0.15) is 0 Å². The largest absolute Gasteiger partial charge is 0.469 e. The molecular formula is C21H30O6. The highest BCUT2D eigenvalue weighted by Crippen LogP contribution is 2.83. The molecule has 3 saturated heterocycles. The summed E-state index contributed by atoms with van der Waals surface area (Å²) in [5.74, 6) is 0.196. The predicted molar refractivity (Wildman–Crippen MR) is 93.8 cm³/mol. The van der Waals surface area contributed by atoms with Gasteiger partial charge in [-0.15, -0.1) is 0 Å². The average molecular weight is 378 g/mol. The molecule has 0 unspecified atom stereocenters. The van der Waals surface area contributed by atoms with Gasteiger partial charge in [-0.3, -0.25) is 4.79 Å². The van der Waals surface area contributed by atoms with Crippen LogP contribution >= 0.6 is 0 Å². The number of hydrogen-bond donors (Lipinski definition) is 1. The van der Waals surface area contributed by atoms with Crippen molar-refractivity contribution in [1.29, 1.82) is 0 Å². The van der Waals surface area contributed by atoms with Gasteiger partial charge in [-0.1, -0.05) is 27.2 Å². The van der Waals surface area contributed by atoms with E-state index in [1.54, 1.807) is 0 Å². The van der Waals surface area contributed by atoms with Crippen molar-refractivity contribution in [2.24, 2.45) is 22.7 Å². The van der Waals surface area contributed by atoms with Gasteiger partial charge in [-0.05, 0) is 38.0 Å². The van der Waals surface area contributed by atoms with Gasteiger partial charge in [0.25, 0.3) is 0 Å². The Labute approximate surface area is 159 Å². The number of methoxy groups -OCH3 is 1. The maximum atomic E-state index is 12.8. The fourth-order valence-corrected chi connectivity index (χ4v) is 8.21. The third-order valence-corrected chi connectivity index (χ3v) is 9.60. The Morgan fingerprint density at radius 2 is 1.89 bits per heavy atom. The summed E-state index contributed by atoms with van der Waals surface area (Å²) in [6.45, 7) is 8.52. The monoisotopic (exact) mass is 378 g/mol. The first kappa shape index (κ1) is 17.2.